The molecule has 0 fully saturated rings. The zero-order chi connectivity index (χ0) is 14.2. The van der Waals surface area contributed by atoms with Crippen molar-refractivity contribution in [1.29, 1.82) is 0 Å². The van der Waals surface area contributed by atoms with Crippen LogP contribution in [-0.4, -0.2) is 21.8 Å². The molecule has 0 amide bonds. The molecule has 0 saturated carbocycles. The highest BCUT2D eigenvalue weighted by Gasteiger charge is 2.33. The number of nitrogens with one attached hydrogen (secondary N) is 1. The molecule has 1 aromatic heterocycles. The smallest absolute Gasteiger partial charge is 0.304 e. The Kier molecular flexibility index (Phi) is 3.18. The summed E-state index contributed by atoms with van der Waals surface area (Å²) in [6, 6.07) is 7.55. The zero-order valence-corrected chi connectivity index (χ0v) is 11.3. The molecule has 0 atom stereocenters. The third-order valence-corrected chi connectivity index (χ3v) is 3.33. The monoisotopic (exact) mass is 259 g/mol. The van der Waals surface area contributed by atoms with Crippen LogP contribution in [0.3, 0.4) is 0 Å². The van der Waals surface area contributed by atoms with Gasteiger partial charge in [0.25, 0.3) is 0 Å². The minimum absolute atomic E-state index is 0.134. The normalized spacial score (nSPS) is 11.7. The molecule has 0 aliphatic carbocycles. The Bertz CT molecular complexity index is 652. The lowest BCUT2D eigenvalue weighted by molar-refractivity contribution is -0.138. The first-order valence-electron chi connectivity index (χ1n) is 6.17. The Labute approximate surface area is 111 Å². The second-order valence-corrected chi connectivity index (χ2v) is 5.45. The minimum atomic E-state index is -0.962. The number of aromatic amines is 1. The second kappa shape index (κ2) is 4.53. The van der Waals surface area contributed by atoms with Crippen molar-refractivity contribution in [2.24, 2.45) is 5.41 Å². The maximum Gasteiger partial charge on any atom is 0.304 e. The molecule has 2 rings (SSSR count). The van der Waals surface area contributed by atoms with E-state index in [4.69, 9.17) is 5.11 Å². The molecular weight excluding hydrogens is 242 g/mol. The predicted octanol–water partition coefficient (Wildman–Crippen LogP) is 3.16. The maximum atomic E-state index is 12.6. The van der Waals surface area contributed by atoms with E-state index in [2.05, 4.69) is 4.98 Å². The van der Waals surface area contributed by atoms with Crippen molar-refractivity contribution in [1.82, 2.24) is 4.98 Å². The van der Waals surface area contributed by atoms with Crippen LogP contribution in [0.4, 0.5) is 0 Å². The van der Waals surface area contributed by atoms with Gasteiger partial charge in [0.05, 0.1) is 6.42 Å². The van der Waals surface area contributed by atoms with Gasteiger partial charge in [-0.1, -0.05) is 32.0 Å². The number of aromatic nitrogens is 1. The third-order valence-electron chi connectivity index (χ3n) is 3.33. The van der Waals surface area contributed by atoms with E-state index in [9.17, 15) is 9.59 Å². The van der Waals surface area contributed by atoms with E-state index in [-0.39, 0.29) is 12.2 Å². The predicted molar refractivity (Wildman–Crippen MR) is 73.4 cm³/mol. The summed E-state index contributed by atoms with van der Waals surface area (Å²) in [7, 11) is 0. The van der Waals surface area contributed by atoms with Crippen LogP contribution in [-0.2, 0) is 4.79 Å². The Morgan fingerprint density at radius 3 is 2.53 bits per heavy atom. The van der Waals surface area contributed by atoms with Gasteiger partial charge in [0.2, 0.25) is 0 Å². The number of fused-ring (bicyclic) bond motifs is 1. The number of ketones is 1. The Morgan fingerprint density at radius 1 is 1.26 bits per heavy atom. The Morgan fingerprint density at radius 2 is 1.89 bits per heavy atom. The molecule has 0 saturated heterocycles. The number of rotatable bonds is 4. The molecule has 0 aliphatic heterocycles. The fourth-order valence-corrected chi connectivity index (χ4v) is 2.37. The van der Waals surface area contributed by atoms with Crippen LogP contribution in [0, 0.1) is 12.3 Å². The molecular formula is C15H17NO3. The number of aliphatic carboxylic acids is 1. The van der Waals surface area contributed by atoms with Gasteiger partial charge in [0, 0.05) is 27.6 Å². The van der Waals surface area contributed by atoms with Crippen molar-refractivity contribution < 1.29 is 14.7 Å². The number of hydrogen-bond donors (Lipinski definition) is 2. The van der Waals surface area contributed by atoms with E-state index in [0.717, 1.165) is 16.6 Å². The number of benzene rings is 1. The number of para-hydroxylation sites is 1. The molecule has 4 nitrogen and oxygen atoms in total. The molecule has 0 aliphatic rings. The lowest BCUT2D eigenvalue weighted by atomic mass is 9.80. The molecule has 0 radical (unpaired) electrons. The van der Waals surface area contributed by atoms with E-state index in [1.54, 1.807) is 13.8 Å². The van der Waals surface area contributed by atoms with Crippen LogP contribution in [0.1, 0.15) is 36.3 Å². The lowest BCUT2D eigenvalue weighted by Crippen LogP contribution is -2.27. The first-order chi connectivity index (χ1) is 8.83. The summed E-state index contributed by atoms with van der Waals surface area (Å²) in [6.07, 6.45) is -0.176. The Balaban J connectivity index is 2.52. The summed E-state index contributed by atoms with van der Waals surface area (Å²) in [6.45, 7) is 5.18. The number of carboxylic acid groups (broad SMARTS) is 1. The molecule has 4 heteroatoms. The van der Waals surface area contributed by atoms with E-state index >= 15 is 0 Å². The molecule has 0 spiro atoms. The van der Waals surface area contributed by atoms with Crippen molar-refractivity contribution in [3.63, 3.8) is 0 Å². The summed E-state index contributed by atoms with van der Waals surface area (Å²) in [5.41, 5.74) is 1.36. The van der Waals surface area contributed by atoms with E-state index < -0.39 is 11.4 Å². The molecule has 1 aromatic carbocycles. The van der Waals surface area contributed by atoms with Gasteiger partial charge in [-0.2, -0.15) is 0 Å². The molecule has 19 heavy (non-hydrogen) atoms. The number of Topliss-reactive ketones (excluding diaryl/α,β-unsaturated/α-hetero) is 1. The van der Waals surface area contributed by atoms with Gasteiger partial charge in [-0.25, -0.2) is 0 Å². The maximum absolute atomic E-state index is 12.6. The van der Waals surface area contributed by atoms with E-state index in [1.165, 1.54) is 0 Å². The van der Waals surface area contributed by atoms with Crippen molar-refractivity contribution >= 4 is 22.7 Å². The largest absolute Gasteiger partial charge is 0.481 e. The van der Waals surface area contributed by atoms with Crippen molar-refractivity contribution in [2.75, 3.05) is 0 Å². The highest BCUT2D eigenvalue weighted by Crippen LogP contribution is 2.31. The van der Waals surface area contributed by atoms with Crippen LogP contribution >= 0.6 is 0 Å². The number of carbonyl (C=O) groups excluding carboxylic acids is 1. The second-order valence-electron chi connectivity index (χ2n) is 5.45. The molecule has 0 bridgehead atoms. The summed E-state index contributed by atoms with van der Waals surface area (Å²) in [4.78, 5) is 26.7. The van der Waals surface area contributed by atoms with Crippen LogP contribution in [0.2, 0.25) is 0 Å². The van der Waals surface area contributed by atoms with Crippen molar-refractivity contribution in [2.45, 2.75) is 27.2 Å². The summed E-state index contributed by atoms with van der Waals surface area (Å²) >= 11 is 0. The summed E-state index contributed by atoms with van der Waals surface area (Å²) in [5.74, 6) is -1.10. The van der Waals surface area contributed by atoms with Crippen LogP contribution in [0.25, 0.3) is 10.9 Å². The quantitative estimate of drug-likeness (QED) is 0.828. The lowest BCUT2D eigenvalue weighted by Gasteiger charge is -2.20. The molecule has 0 unspecified atom stereocenters. The van der Waals surface area contributed by atoms with Gasteiger partial charge in [-0.3, -0.25) is 9.59 Å². The third kappa shape index (κ3) is 2.38. The van der Waals surface area contributed by atoms with Crippen LogP contribution in [0.5, 0.6) is 0 Å². The topological polar surface area (TPSA) is 70.2 Å². The van der Waals surface area contributed by atoms with Crippen molar-refractivity contribution in [3.05, 3.63) is 35.5 Å². The van der Waals surface area contributed by atoms with Gasteiger partial charge in [0.1, 0.15) is 0 Å². The first-order valence-corrected chi connectivity index (χ1v) is 6.17. The number of aryl methyl sites for hydroxylation is 1. The van der Waals surface area contributed by atoms with Gasteiger partial charge < -0.3 is 10.1 Å². The average molecular weight is 259 g/mol. The SMILES string of the molecule is Cc1[nH]c2ccccc2c1C(=O)C(C)(C)CC(=O)O. The Hall–Kier alpha value is -2.10. The fraction of sp³-hybridized carbons (Fsp3) is 0.333. The average Bonchev–Trinajstić information content (AvgIpc) is 2.62. The summed E-state index contributed by atoms with van der Waals surface area (Å²) in [5, 5.41) is 9.77. The van der Waals surface area contributed by atoms with Crippen LogP contribution in [0.15, 0.2) is 24.3 Å². The van der Waals surface area contributed by atoms with Gasteiger partial charge in [-0.05, 0) is 13.0 Å². The highest BCUT2D eigenvalue weighted by atomic mass is 16.4. The zero-order valence-electron chi connectivity index (χ0n) is 11.3. The number of carboxylic acids is 1. The van der Waals surface area contributed by atoms with Gasteiger partial charge >= 0.3 is 5.97 Å². The minimum Gasteiger partial charge on any atom is -0.481 e. The number of H-pyrrole nitrogens is 1. The van der Waals surface area contributed by atoms with Gasteiger partial charge in [-0.15, -0.1) is 0 Å². The number of hydrogen-bond acceptors (Lipinski definition) is 2. The molecule has 2 N–H and O–H groups in total. The molecule has 2 aromatic rings. The summed E-state index contributed by atoms with van der Waals surface area (Å²) < 4.78 is 0. The first kappa shape index (κ1) is 13.3. The van der Waals surface area contributed by atoms with Gasteiger partial charge in [0.15, 0.2) is 5.78 Å². The van der Waals surface area contributed by atoms with Crippen molar-refractivity contribution in [3.8, 4) is 0 Å². The van der Waals surface area contributed by atoms with E-state index in [1.807, 2.05) is 31.2 Å². The van der Waals surface area contributed by atoms with Crippen LogP contribution < -0.4 is 0 Å². The fourth-order valence-electron chi connectivity index (χ4n) is 2.37. The molecule has 1 heterocycles. The van der Waals surface area contributed by atoms with E-state index in [0.29, 0.717) is 5.56 Å². The standard InChI is InChI=1S/C15H17NO3/c1-9-13(10-6-4-5-7-11(10)16-9)14(19)15(2,3)8-12(17)18/h4-7,16H,8H2,1-3H3,(H,17,18). The highest BCUT2D eigenvalue weighted by molar-refractivity contribution is 6.12. The number of carbonyl (C=O) groups is 2. The molecule has 100 valence electrons.